The number of rotatable bonds is 6. The van der Waals surface area contributed by atoms with Crippen molar-refractivity contribution >= 4 is 36.0 Å². The lowest BCUT2D eigenvalue weighted by Crippen LogP contribution is -2.28. The summed E-state index contributed by atoms with van der Waals surface area (Å²) in [4.78, 5) is 13.1. The molecule has 0 saturated carbocycles. The minimum absolute atomic E-state index is 0.149. The van der Waals surface area contributed by atoms with Gasteiger partial charge in [-0.2, -0.15) is 0 Å². The van der Waals surface area contributed by atoms with Crippen molar-refractivity contribution in [2.75, 3.05) is 0 Å². The van der Waals surface area contributed by atoms with Crippen molar-refractivity contribution in [3.8, 4) is 0 Å². The van der Waals surface area contributed by atoms with Gasteiger partial charge in [-0.15, -0.1) is 12.6 Å². The quantitative estimate of drug-likeness (QED) is 0.291. The van der Waals surface area contributed by atoms with E-state index >= 15 is 0 Å². The molecule has 2 rings (SSSR count). The highest BCUT2D eigenvalue weighted by Crippen LogP contribution is 2.30. The Hall–Kier alpha value is -1.77. The number of benzene rings is 1. The summed E-state index contributed by atoms with van der Waals surface area (Å²) in [7, 11) is 1.52. The van der Waals surface area contributed by atoms with Gasteiger partial charge in [0.15, 0.2) is 0 Å². The van der Waals surface area contributed by atoms with Gasteiger partial charge in [0.1, 0.15) is 6.20 Å². The smallest absolute Gasteiger partial charge is 0.342 e. The summed E-state index contributed by atoms with van der Waals surface area (Å²) in [5, 5.41) is 12.2. The van der Waals surface area contributed by atoms with E-state index in [9.17, 15) is 10.1 Å². The van der Waals surface area contributed by atoms with E-state index in [4.69, 9.17) is 17.0 Å². The maximum Gasteiger partial charge on any atom is 0.342 e. The van der Waals surface area contributed by atoms with Crippen LogP contribution in [0.3, 0.4) is 0 Å². The van der Waals surface area contributed by atoms with Crippen molar-refractivity contribution < 1.29 is 9.66 Å². The Labute approximate surface area is 132 Å². The standard InChI is InChI=1S/C13H13N3O3S2/c1-15-11(16(17)18)7-14-12(15)13(21,9-20)19-8-10-5-3-2-4-6-10/h2-7,9,21H,8H2,1H3. The number of aromatic nitrogens is 2. The van der Waals surface area contributed by atoms with Crippen LogP contribution in [0, 0.1) is 10.1 Å². The van der Waals surface area contributed by atoms with Crippen LogP contribution in [0.25, 0.3) is 0 Å². The van der Waals surface area contributed by atoms with E-state index in [1.54, 1.807) is 0 Å². The Bertz CT molecular complexity index is 660. The number of nitrogens with zero attached hydrogens (tertiary/aromatic N) is 3. The number of hydrogen-bond acceptors (Lipinski definition) is 6. The highest BCUT2D eigenvalue weighted by molar-refractivity contribution is 7.85. The summed E-state index contributed by atoms with van der Waals surface area (Å²) in [5.74, 6) is 0.118. The molecule has 2 aromatic rings. The van der Waals surface area contributed by atoms with E-state index in [0.29, 0.717) is 0 Å². The minimum atomic E-state index is -1.28. The van der Waals surface area contributed by atoms with Gasteiger partial charge in [0.2, 0.25) is 10.8 Å². The average Bonchev–Trinajstić information content (AvgIpc) is 2.88. The molecule has 0 aliphatic rings. The molecule has 1 heterocycles. The molecule has 1 aromatic heterocycles. The largest absolute Gasteiger partial charge is 0.358 e. The number of thiol groups is 1. The highest BCUT2D eigenvalue weighted by Gasteiger charge is 2.36. The summed E-state index contributed by atoms with van der Waals surface area (Å²) < 4.78 is 7.03. The van der Waals surface area contributed by atoms with Gasteiger partial charge in [0.05, 0.1) is 13.7 Å². The van der Waals surface area contributed by atoms with Crippen molar-refractivity contribution in [2.45, 2.75) is 11.5 Å². The third-order valence-electron chi connectivity index (χ3n) is 2.93. The third-order valence-corrected chi connectivity index (χ3v) is 3.90. The third kappa shape index (κ3) is 3.29. The Kier molecular flexibility index (Phi) is 4.71. The summed E-state index contributed by atoms with van der Waals surface area (Å²) >= 11 is 9.37. The molecular formula is C13H13N3O3S2. The molecule has 0 saturated heterocycles. The second-order valence-electron chi connectivity index (χ2n) is 4.34. The van der Waals surface area contributed by atoms with Crippen LogP contribution >= 0.6 is 24.8 Å². The number of hydrogen-bond donors (Lipinski definition) is 1. The van der Waals surface area contributed by atoms with Gasteiger partial charge in [-0.05, 0) is 10.5 Å². The van der Waals surface area contributed by atoms with Crippen molar-refractivity contribution in [2.24, 2.45) is 7.05 Å². The van der Waals surface area contributed by atoms with E-state index in [-0.39, 0.29) is 18.2 Å². The van der Waals surface area contributed by atoms with Crippen molar-refractivity contribution in [3.63, 3.8) is 0 Å². The molecule has 0 fully saturated rings. The molecule has 0 bridgehead atoms. The summed E-state index contributed by atoms with van der Waals surface area (Å²) in [6, 6.07) is 9.49. The molecule has 0 N–H and O–H groups in total. The lowest BCUT2D eigenvalue weighted by Gasteiger charge is -2.21. The fourth-order valence-corrected chi connectivity index (χ4v) is 2.27. The van der Waals surface area contributed by atoms with E-state index in [0.717, 1.165) is 11.8 Å². The van der Waals surface area contributed by atoms with Crippen LogP contribution in [0.15, 0.2) is 36.5 Å². The van der Waals surface area contributed by atoms with Crippen LogP contribution in [0.2, 0.25) is 0 Å². The fourth-order valence-electron chi connectivity index (χ4n) is 1.82. The van der Waals surface area contributed by atoms with Gasteiger partial charge in [0.25, 0.3) is 0 Å². The molecule has 6 nitrogen and oxygen atoms in total. The first kappa shape index (κ1) is 15.6. The fraction of sp³-hybridized carbons (Fsp3) is 0.231. The van der Waals surface area contributed by atoms with E-state index in [1.807, 2.05) is 30.3 Å². The molecule has 0 radical (unpaired) electrons. The zero-order valence-electron chi connectivity index (χ0n) is 11.2. The molecule has 110 valence electrons. The van der Waals surface area contributed by atoms with Crippen molar-refractivity contribution in [1.82, 2.24) is 9.55 Å². The minimum Gasteiger partial charge on any atom is -0.358 e. The van der Waals surface area contributed by atoms with Gasteiger partial charge in [0, 0.05) is 5.37 Å². The van der Waals surface area contributed by atoms with Gasteiger partial charge in [-0.25, -0.2) is 9.55 Å². The van der Waals surface area contributed by atoms with E-state index in [2.05, 4.69) is 17.6 Å². The van der Waals surface area contributed by atoms with Crippen LogP contribution in [0.1, 0.15) is 11.4 Å². The highest BCUT2D eigenvalue weighted by atomic mass is 32.1. The molecule has 0 aliphatic heterocycles. The molecule has 1 aromatic carbocycles. The van der Waals surface area contributed by atoms with Crippen LogP contribution in [0.4, 0.5) is 5.82 Å². The van der Waals surface area contributed by atoms with E-state index < -0.39 is 9.86 Å². The maximum absolute atomic E-state index is 10.9. The SMILES string of the molecule is Cn1c([N+](=O)[O-])cnc1C(S)(C=S)OCc1ccccc1. The molecule has 0 spiro atoms. The zero-order chi connectivity index (χ0) is 15.5. The van der Waals surface area contributed by atoms with Gasteiger partial charge in [-0.3, -0.25) is 0 Å². The average molecular weight is 323 g/mol. The number of ether oxygens (including phenoxy) is 1. The van der Waals surface area contributed by atoms with Crippen LogP contribution < -0.4 is 0 Å². The van der Waals surface area contributed by atoms with E-state index in [1.165, 1.54) is 17.0 Å². The lowest BCUT2D eigenvalue weighted by atomic mass is 10.2. The van der Waals surface area contributed by atoms with Crippen LogP contribution in [-0.4, -0.2) is 19.8 Å². The van der Waals surface area contributed by atoms with Gasteiger partial charge >= 0.3 is 5.82 Å². The molecule has 8 heteroatoms. The lowest BCUT2D eigenvalue weighted by molar-refractivity contribution is -0.391. The summed E-state index contributed by atoms with van der Waals surface area (Å²) in [6.07, 6.45) is 1.16. The van der Waals surface area contributed by atoms with Gasteiger partial charge < -0.3 is 14.9 Å². The van der Waals surface area contributed by atoms with Crippen LogP contribution in [0.5, 0.6) is 0 Å². The molecule has 0 amide bonds. The number of nitro groups is 1. The summed E-state index contributed by atoms with van der Waals surface area (Å²) in [6.45, 7) is 0.262. The second-order valence-corrected chi connectivity index (χ2v) is 5.24. The predicted octanol–water partition coefficient (Wildman–Crippen LogP) is 2.63. The summed E-state index contributed by atoms with van der Waals surface area (Å²) in [5.41, 5.74) is 0.941. The van der Waals surface area contributed by atoms with Crippen molar-refractivity contribution in [3.05, 3.63) is 58.0 Å². The first-order valence-electron chi connectivity index (χ1n) is 6.01. The molecular weight excluding hydrogens is 310 g/mol. The first-order chi connectivity index (χ1) is 9.98. The monoisotopic (exact) mass is 323 g/mol. The topological polar surface area (TPSA) is 70.2 Å². The van der Waals surface area contributed by atoms with Crippen LogP contribution in [-0.2, 0) is 23.3 Å². The Balaban J connectivity index is 2.25. The molecule has 0 aliphatic carbocycles. The zero-order valence-corrected chi connectivity index (χ0v) is 12.9. The molecule has 1 atom stereocenters. The molecule has 1 unspecified atom stereocenters. The Morgan fingerprint density at radius 3 is 2.71 bits per heavy atom. The number of thiocarbonyl (C=S) groups is 1. The number of imidazole rings is 1. The maximum atomic E-state index is 10.9. The second kappa shape index (κ2) is 6.33. The normalized spacial score (nSPS) is 13.6. The first-order valence-corrected chi connectivity index (χ1v) is 6.93. The Morgan fingerprint density at radius 1 is 1.52 bits per heavy atom. The predicted molar refractivity (Wildman–Crippen MR) is 85.4 cm³/mol. The molecule has 21 heavy (non-hydrogen) atoms. The van der Waals surface area contributed by atoms with Gasteiger partial charge in [-0.1, -0.05) is 42.5 Å². The Morgan fingerprint density at radius 2 is 2.19 bits per heavy atom. The van der Waals surface area contributed by atoms with Crippen molar-refractivity contribution in [1.29, 1.82) is 0 Å².